The van der Waals surface area contributed by atoms with Crippen LogP contribution in [0.1, 0.15) is 34.6 Å². The van der Waals surface area contributed by atoms with Crippen LogP contribution in [0.2, 0.25) is 0 Å². The number of carbonyl (C=O) groups is 2. The Morgan fingerprint density at radius 1 is 1.05 bits per heavy atom. The van der Waals surface area contributed by atoms with E-state index in [0.29, 0.717) is 26.3 Å². The summed E-state index contributed by atoms with van der Waals surface area (Å²) in [4.78, 5) is 22.6. The molecule has 6 heteroatoms. The fourth-order valence-corrected chi connectivity index (χ4v) is 1.15. The Kier molecular flexibility index (Phi) is 9.16. The summed E-state index contributed by atoms with van der Waals surface area (Å²) in [6.07, 6.45) is 0. The second-order valence-electron chi connectivity index (χ2n) is 5.81. The molecule has 0 saturated carbocycles. The summed E-state index contributed by atoms with van der Waals surface area (Å²) in [5.41, 5.74) is -0.317. The molecule has 0 rings (SSSR count). The molecule has 0 aliphatic rings. The van der Waals surface area contributed by atoms with Gasteiger partial charge in [-0.2, -0.15) is 0 Å². The van der Waals surface area contributed by atoms with Crippen LogP contribution in [0.25, 0.3) is 0 Å². The monoisotopic (exact) mass is 288 g/mol. The zero-order chi connectivity index (χ0) is 15.6. The van der Waals surface area contributed by atoms with E-state index in [0.717, 1.165) is 0 Å². The SMILES string of the molecule is CC(C)C(=O)NCCOCCNC(=O)COC(C)(C)C. The molecule has 0 spiro atoms. The van der Waals surface area contributed by atoms with Crippen LogP contribution in [0, 0.1) is 5.92 Å². The molecule has 0 atom stereocenters. The maximum absolute atomic E-state index is 11.4. The lowest BCUT2D eigenvalue weighted by Crippen LogP contribution is -2.34. The first-order chi connectivity index (χ1) is 9.22. The number of ether oxygens (including phenoxy) is 2. The number of rotatable bonds is 9. The lowest BCUT2D eigenvalue weighted by Gasteiger charge is -2.18. The first-order valence-electron chi connectivity index (χ1n) is 6.98. The second-order valence-corrected chi connectivity index (χ2v) is 5.81. The summed E-state index contributed by atoms with van der Waals surface area (Å²) in [6.45, 7) is 11.2. The van der Waals surface area contributed by atoms with Gasteiger partial charge in [0.1, 0.15) is 6.61 Å². The van der Waals surface area contributed by atoms with Crippen molar-refractivity contribution in [3.63, 3.8) is 0 Å². The van der Waals surface area contributed by atoms with Gasteiger partial charge in [-0.1, -0.05) is 13.8 Å². The molecule has 0 aliphatic heterocycles. The fourth-order valence-electron chi connectivity index (χ4n) is 1.15. The van der Waals surface area contributed by atoms with E-state index in [1.807, 2.05) is 34.6 Å². The van der Waals surface area contributed by atoms with E-state index in [1.165, 1.54) is 0 Å². The number of hydrogen-bond acceptors (Lipinski definition) is 4. The topological polar surface area (TPSA) is 76.7 Å². The summed E-state index contributed by atoms with van der Waals surface area (Å²) in [6, 6.07) is 0. The van der Waals surface area contributed by atoms with Crippen molar-refractivity contribution in [1.82, 2.24) is 10.6 Å². The van der Waals surface area contributed by atoms with Gasteiger partial charge in [-0.25, -0.2) is 0 Å². The maximum atomic E-state index is 11.4. The third-order valence-corrected chi connectivity index (χ3v) is 2.27. The summed E-state index contributed by atoms with van der Waals surface area (Å²) >= 11 is 0. The first-order valence-corrected chi connectivity index (χ1v) is 6.98. The molecule has 0 heterocycles. The molecule has 118 valence electrons. The molecule has 20 heavy (non-hydrogen) atoms. The minimum atomic E-state index is -0.317. The van der Waals surface area contributed by atoms with Gasteiger partial charge in [0.05, 0.1) is 18.8 Å². The van der Waals surface area contributed by atoms with E-state index >= 15 is 0 Å². The standard InChI is InChI=1S/C14H28N2O4/c1-11(2)13(18)16-7-9-19-8-6-15-12(17)10-20-14(3,4)5/h11H,6-10H2,1-5H3,(H,15,17)(H,16,18). The number of amides is 2. The molecule has 2 N–H and O–H groups in total. The van der Waals surface area contributed by atoms with Crippen molar-refractivity contribution in [3.8, 4) is 0 Å². The van der Waals surface area contributed by atoms with Crippen LogP contribution in [0.5, 0.6) is 0 Å². The van der Waals surface area contributed by atoms with Gasteiger partial charge in [0.15, 0.2) is 0 Å². The number of carbonyl (C=O) groups excluding carboxylic acids is 2. The Morgan fingerprint density at radius 3 is 2.10 bits per heavy atom. The summed E-state index contributed by atoms with van der Waals surface area (Å²) in [7, 11) is 0. The van der Waals surface area contributed by atoms with Crippen molar-refractivity contribution in [3.05, 3.63) is 0 Å². The zero-order valence-electron chi connectivity index (χ0n) is 13.2. The molecule has 0 aromatic rings. The average molecular weight is 288 g/mol. The predicted molar refractivity (Wildman–Crippen MR) is 77.4 cm³/mol. The Morgan fingerprint density at radius 2 is 1.60 bits per heavy atom. The van der Waals surface area contributed by atoms with Crippen LogP contribution < -0.4 is 10.6 Å². The third-order valence-electron chi connectivity index (χ3n) is 2.27. The summed E-state index contributed by atoms with van der Waals surface area (Å²) < 4.78 is 10.6. The lowest BCUT2D eigenvalue weighted by atomic mass is 10.2. The van der Waals surface area contributed by atoms with Crippen molar-refractivity contribution in [2.75, 3.05) is 32.9 Å². The molecular weight excluding hydrogens is 260 g/mol. The Labute approximate surface area is 121 Å². The molecule has 0 bridgehead atoms. The van der Waals surface area contributed by atoms with Crippen LogP contribution in [-0.4, -0.2) is 50.3 Å². The van der Waals surface area contributed by atoms with E-state index < -0.39 is 0 Å². The third kappa shape index (κ3) is 11.9. The minimum absolute atomic E-state index is 0.0150. The average Bonchev–Trinajstić information content (AvgIpc) is 2.33. The van der Waals surface area contributed by atoms with Crippen LogP contribution in [-0.2, 0) is 19.1 Å². The van der Waals surface area contributed by atoms with Gasteiger partial charge in [-0.15, -0.1) is 0 Å². The molecule has 6 nitrogen and oxygen atoms in total. The molecule has 0 unspecified atom stereocenters. The molecule has 2 amide bonds. The highest BCUT2D eigenvalue weighted by Gasteiger charge is 2.12. The van der Waals surface area contributed by atoms with Gasteiger partial charge in [0.25, 0.3) is 0 Å². The highest BCUT2D eigenvalue weighted by atomic mass is 16.5. The van der Waals surface area contributed by atoms with Gasteiger partial charge in [0.2, 0.25) is 11.8 Å². The largest absolute Gasteiger partial charge is 0.378 e. The van der Waals surface area contributed by atoms with Gasteiger partial charge in [-0.3, -0.25) is 9.59 Å². The molecule has 0 fully saturated rings. The van der Waals surface area contributed by atoms with Gasteiger partial charge in [-0.05, 0) is 20.8 Å². The highest BCUT2D eigenvalue weighted by molar-refractivity contribution is 5.77. The quantitative estimate of drug-likeness (QED) is 0.613. The summed E-state index contributed by atoms with van der Waals surface area (Å²) in [5.74, 6) is -0.157. The van der Waals surface area contributed by atoms with E-state index in [9.17, 15) is 9.59 Å². The van der Waals surface area contributed by atoms with Crippen molar-refractivity contribution in [1.29, 1.82) is 0 Å². The van der Waals surface area contributed by atoms with Crippen molar-refractivity contribution in [2.24, 2.45) is 5.92 Å². The maximum Gasteiger partial charge on any atom is 0.246 e. The van der Waals surface area contributed by atoms with E-state index in [-0.39, 0.29) is 29.9 Å². The van der Waals surface area contributed by atoms with Crippen molar-refractivity contribution < 1.29 is 19.1 Å². The number of nitrogens with one attached hydrogen (secondary N) is 2. The van der Waals surface area contributed by atoms with Gasteiger partial charge < -0.3 is 20.1 Å². The predicted octanol–water partition coefficient (Wildman–Crippen LogP) is 0.707. The molecule has 0 aromatic heterocycles. The summed E-state index contributed by atoms with van der Waals surface area (Å²) in [5, 5.41) is 5.44. The smallest absolute Gasteiger partial charge is 0.246 e. The molecule has 0 aromatic carbocycles. The van der Waals surface area contributed by atoms with E-state index in [4.69, 9.17) is 9.47 Å². The Balaban J connectivity index is 3.40. The fraction of sp³-hybridized carbons (Fsp3) is 0.857. The molecule has 0 aliphatic carbocycles. The first kappa shape index (κ1) is 18.9. The van der Waals surface area contributed by atoms with Crippen molar-refractivity contribution in [2.45, 2.75) is 40.2 Å². The van der Waals surface area contributed by atoms with Gasteiger partial charge in [0, 0.05) is 19.0 Å². The second kappa shape index (κ2) is 9.72. The normalized spacial score (nSPS) is 11.5. The van der Waals surface area contributed by atoms with E-state index in [2.05, 4.69) is 10.6 Å². The van der Waals surface area contributed by atoms with Gasteiger partial charge >= 0.3 is 0 Å². The lowest BCUT2D eigenvalue weighted by molar-refractivity contribution is -0.130. The molecular formula is C14H28N2O4. The number of hydrogen-bond donors (Lipinski definition) is 2. The van der Waals surface area contributed by atoms with E-state index in [1.54, 1.807) is 0 Å². The van der Waals surface area contributed by atoms with Crippen LogP contribution in [0.3, 0.4) is 0 Å². The van der Waals surface area contributed by atoms with Crippen molar-refractivity contribution >= 4 is 11.8 Å². The zero-order valence-corrected chi connectivity index (χ0v) is 13.2. The Bertz CT molecular complexity index is 298. The van der Waals surface area contributed by atoms with Crippen LogP contribution >= 0.6 is 0 Å². The highest BCUT2D eigenvalue weighted by Crippen LogP contribution is 2.05. The van der Waals surface area contributed by atoms with Crippen LogP contribution in [0.4, 0.5) is 0 Å². The molecule has 0 saturated heterocycles. The van der Waals surface area contributed by atoms with Crippen LogP contribution in [0.15, 0.2) is 0 Å². The molecule has 0 radical (unpaired) electrons. The minimum Gasteiger partial charge on any atom is -0.378 e. The Hall–Kier alpha value is -1.14.